The molecule has 1 heterocycles. The van der Waals surface area contributed by atoms with Crippen LogP contribution < -0.4 is 9.47 Å². The highest BCUT2D eigenvalue weighted by atomic mass is 16.7. The van der Waals surface area contributed by atoms with Crippen molar-refractivity contribution in [2.75, 3.05) is 27.6 Å². The minimum atomic E-state index is -0.614. The van der Waals surface area contributed by atoms with Crippen LogP contribution >= 0.6 is 0 Å². The zero-order valence-electron chi connectivity index (χ0n) is 9.76. The molecule has 0 N–H and O–H groups in total. The summed E-state index contributed by atoms with van der Waals surface area (Å²) in [6, 6.07) is 5.23. The van der Waals surface area contributed by atoms with Crippen molar-refractivity contribution in [2.45, 2.75) is 6.10 Å². The molecule has 1 aromatic carbocycles. The molecule has 0 radical (unpaired) electrons. The Morgan fingerprint density at radius 2 is 2.18 bits per heavy atom. The molecule has 0 saturated carbocycles. The summed E-state index contributed by atoms with van der Waals surface area (Å²) < 4.78 is 20.5. The summed E-state index contributed by atoms with van der Waals surface area (Å²) in [4.78, 5) is 12.0. The Bertz CT molecular complexity index is 415. The summed E-state index contributed by atoms with van der Waals surface area (Å²) in [5.74, 6) is 0.964. The molecular formula is C12H14O5. The number of hydrogen-bond acceptors (Lipinski definition) is 5. The predicted octanol–water partition coefficient (Wildman–Crippen LogP) is 1.26. The highest BCUT2D eigenvalue weighted by Crippen LogP contribution is 2.37. The third-order valence-corrected chi connectivity index (χ3v) is 2.49. The molecule has 1 aromatic rings. The van der Waals surface area contributed by atoms with E-state index in [-0.39, 0.29) is 19.2 Å². The average Bonchev–Trinajstić information content (AvgIpc) is 2.67. The highest BCUT2D eigenvalue weighted by Gasteiger charge is 2.34. The van der Waals surface area contributed by atoms with Crippen molar-refractivity contribution in [3.8, 4) is 11.5 Å². The summed E-state index contributed by atoms with van der Waals surface area (Å²) in [7, 11) is 3.06. The van der Waals surface area contributed by atoms with E-state index in [1.54, 1.807) is 18.2 Å². The first-order chi connectivity index (χ1) is 8.27. The van der Waals surface area contributed by atoms with Crippen LogP contribution in [0.15, 0.2) is 18.2 Å². The van der Waals surface area contributed by atoms with Crippen molar-refractivity contribution in [2.24, 2.45) is 0 Å². The van der Waals surface area contributed by atoms with Crippen LogP contribution in [0.25, 0.3) is 0 Å². The number of carbonyl (C=O) groups is 1. The summed E-state index contributed by atoms with van der Waals surface area (Å²) in [5.41, 5.74) is 0.537. The second-order valence-electron chi connectivity index (χ2n) is 3.59. The molecule has 0 amide bonds. The van der Waals surface area contributed by atoms with Gasteiger partial charge in [0.25, 0.3) is 0 Å². The second-order valence-corrected chi connectivity index (χ2v) is 3.59. The first kappa shape index (κ1) is 11.9. The lowest BCUT2D eigenvalue weighted by Crippen LogP contribution is -2.27. The van der Waals surface area contributed by atoms with E-state index < -0.39 is 6.10 Å². The first-order valence-corrected chi connectivity index (χ1v) is 5.22. The Morgan fingerprint density at radius 3 is 2.88 bits per heavy atom. The van der Waals surface area contributed by atoms with Gasteiger partial charge in [0.15, 0.2) is 17.6 Å². The summed E-state index contributed by atoms with van der Waals surface area (Å²) in [5, 5.41) is 0. The van der Waals surface area contributed by atoms with Crippen molar-refractivity contribution in [1.29, 1.82) is 0 Å². The molecule has 1 aliphatic heterocycles. The lowest BCUT2D eigenvalue weighted by molar-refractivity contribution is -0.0491. The number of rotatable bonds is 5. The average molecular weight is 238 g/mol. The van der Waals surface area contributed by atoms with E-state index in [9.17, 15) is 4.79 Å². The van der Waals surface area contributed by atoms with Crippen LogP contribution in [0.4, 0.5) is 0 Å². The largest absolute Gasteiger partial charge is 0.493 e. The van der Waals surface area contributed by atoms with Crippen LogP contribution in [0.5, 0.6) is 11.5 Å². The third-order valence-electron chi connectivity index (χ3n) is 2.49. The number of Topliss-reactive ketones (excluding diaryl/α,β-unsaturated/α-hetero) is 1. The van der Waals surface area contributed by atoms with E-state index in [4.69, 9.17) is 18.9 Å². The number of methoxy groups -OCH3 is 2. The van der Waals surface area contributed by atoms with Gasteiger partial charge in [-0.3, -0.25) is 4.79 Å². The van der Waals surface area contributed by atoms with Gasteiger partial charge in [-0.25, -0.2) is 0 Å². The normalized spacial score (nSPS) is 17.8. The van der Waals surface area contributed by atoms with E-state index in [0.29, 0.717) is 17.1 Å². The molecule has 1 aliphatic rings. The van der Waals surface area contributed by atoms with Gasteiger partial charge in [0.1, 0.15) is 6.79 Å². The molecule has 1 unspecified atom stereocenters. The second kappa shape index (κ2) is 5.16. The fraction of sp³-hybridized carbons (Fsp3) is 0.417. The number of benzene rings is 1. The summed E-state index contributed by atoms with van der Waals surface area (Å²) >= 11 is 0. The molecule has 0 aliphatic carbocycles. The number of fused-ring (bicyclic) bond motifs is 1. The molecule has 2 rings (SSSR count). The Kier molecular flexibility index (Phi) is 3.61. The minimum Gasteiger partial charge on any atom is -0.493 e. The third kappa shape index (κ3) is 2.25. The number of hydrogen-bond donors (Lipinski definition) is 0. The predicted molar refractivity (Wildman–Crippen MR) is 59.6 cm³/mol. The molecule has 1 atom stereocenters. The molecule has 0 saturated heterocycles. The zero-order valence-corrected chi connectivity index (χ0v) is 9.76. The maximum atomic E-state index is 12.0. The van der Waals surface area contributed by atoms with Crippen LogP contribution in [0.1, 0.15) is 10.4 Å². The van der Waals surface area contributed by atoms with Gasteiger partial charge in [0.05, 0.1) is 19.3 Å². The summed E-state index contributed by atoms with van der Waals surface area (Å²) in [6.45, 7) is 0.311. The van der Waals surface area contributed by atoms with Crippen LogP contribution in [0.3, 0.4) is 0 Å². The fourth-order valence-electron chi connectivity index (χ4n) is 1.71. The number of carbonyl (C=O) groups excluding carboxylic acids is 1. The van der Waals surface area contributed by atoms with Gasteiger partial charge in [0.2, 0.25) is 5.78 Å². The van der Waals surface area contributed by atoms with Crippen LogP contribution in [-0.2, 0) is 9.47 Å². The maximum absolute atomic E-state index is 12.0. The zero-order chi connectivity index (χ0) is 12.3. The Morgan fingerprint density at radius 1 is 1.35 bits per heavy atom. The van der Waals surface area contributed by atoms with Crippen LogP contribution in [0, 0.1) is 0 Å². The minimum absolute atomic E-state index is 0.0880. The molecule has 92 valence electrons. The number of ketones is 1. The van der Waals surface area contributed by atoms with Crippen LogP contribution in [-0.4, -0.2) is 39.5 Å². The van der Waals surface area contributed by atoms with Gasteiger partial charge in [-0.2, -0.15) is 0 Å². The van der Waals surface area contributed by atoms with E-state index in [0.717, 1.165) is 0 Å². The lowest BCUT2D eigenvalue weighted by Gasteiger charge is -2.10. The van der Waals surface area contributed by atoms with Crippen molar-refractivity contribution in [1.82, 2.24) is 0 Å². The fourth-order valence-corrected chi connectivity index (χ4v) is 1.71. The van der Waals surface area contributed by atoms with Crippen molar-refractivity contribution in [3.63, 3.8) is 0 Å². The lowest BCUT2D eigenvalue weighted by atomic mass is 10.1. The maximum Gasteiger partial charge on any atom is 0.209 e. The first-order valence-electron chi connectivity index (χ1n) is 5.22. The van der Waals surface area contributed by atoms with Gasteiger partial charge in [-0.1, -0.05) is 6.07 Å². The Hall–Kier alpha value is -1.59. The van der Waals surface area contributed by atoms with E-state index in [2.05, 4.69) is 0 Å². The Balaban J connectivity index is 2.12. The molecule has 0 bridgehead atoms. The van der Waals surface area contributed by atoms with Gasteiger partial charge in [-0.05, 0) is 12.1 Å². The topological polar surface area (TPSA) is 54.0 Å². The van der Waals surface area contributed by atoms with Crippen molar-refractivity contribution < 1.29 is 23.7 Å². The SMILES string of the molecule is COCOCC1Oc2c(OC)cccc2C1=O. The Labute approximate surface area is 99.2 Å². The van der Waals surface area contributed by atoms with Crippen molar-refractivity contribution in [3.05, 3.63) is 23.8 Å². The van der Waals surface area contributed by atoms with Crippen LogP contribution in [0.2, 0.25) is 0 Å². The standard InChI is InChI=1S/C12H14O5/c1-14-7-16-6-10-11(13)8-4-3-5-9(15-2)12(8)17-10/h3-5,10H,6-7H2,1-2H3. The van der Waals surface area contributed by atoms with Gasteiger partial charge >= 0.3 is 0 Å². The molecule has 0 aromatic heterocycles. The monoisotopic (exact) mass is 238 g/mol. The van der Waals surface area contributed by atoms with Gasteiger partial charge in [-0.15, -0.1) is 0 Å². The van der Waals surface area contributed by atoms with Gasteiger partial charge < -0.3 is 18.9 Å². The smallest absolute Gasteiger partial charge is 0.209 e. The highest BCUT2D eigenvalue weighted by molar-refractivity contribution is 6.05. The van der Waals surface area contributed by atoms with E-state index in [1.807, 2.05) is 0 Å². The quantitative estimate of drug-likeness (QED) is 0.571. The molecule has 5 heteroatoms. The number of para-hydroxylation sites is 1. The summed E-state index contributed by atoms with van der Waals surface area (Å²) in [6.07, 6.45) is -0.614. The molecule has 0 fully saturated rings. The van der Waals surface area contributed by atoms with E-state index in [1.165, 1.54) is 14.2 Å². The molecule has 0 spiro atoms. The van der Waals surface area contributed by atoms with E-state index >= 15 is 0 Å². The molecule has 17 heavy (non-hydrogen) atoms. The number of ether oxygens (including phenoxy) is 4. The molecular weight excluding hydrogens is 224 g/mol. The van der Waals surface area contributed by atoms with Crippen molar-refractivity contribution >= 4 is 5.78 Å². The van der Waals surface area contributed by atoms with Gasteiger partial charge in [0, 0.05) is 7.11 Å². The molecule has 5 nitrogen and oxygen atoms in total.